The van der Waals surface area contributed by atoms with Crippen molar-refractivity contribution in [3.05, 3.63) is 65.2 Å². The van der Waals surface area contributed by atoms with Crippen LogP contribution in [0.15, 0.2) is 48.5 Å². The van der Waals surface area contributed by atoms with E-state index in [0.29, 0.717) is 25.1 Å². The number of anilines is 1. The zero-order valence-electron chi connectivity index (χ0n) is 14.3. The number of nitrogens with one attached hydrogen (secondary N) is 1. The third-order valence-corrected chi connectivity index (χ3v) is 4.30. The van der Waals surface area contributed by atoms with Gasteiger partial charge in [0.1, 0.15) is 0 Å². The Morgan fingerprint density at radius 3 is 2.36 bits per heavy atom. The lowest BCUT2D eigenvalue weighted by Gasteiger charge is -2.16. The lowest BCUT2D eigenvalue weighted by Crippen LogP contribution is -2.24. The number of benzene rings is 2. The highest BCUT2D eigenvalue weighted by atomic mass is 16.5. The molecule has 5 heteroatoms. The normalized spacial score (nSPS) is 14.0. The molecule has 0 aliphatic carbocycles. The summed E-state index contributed by atoms with van der Waals surface area (Å²) in [5, 5.41) is 2.91. The molecule has 1 N–H and O–H groups in total. The van der Waals surface area contributed by atoms with Crippen molar-refractivity contribution in [1.82, 2.24) is 5.32 Å². The van der Waals surface area contributed by atoms with E-state index in [1.807, 2.05) is 41.3 Å². The number of rotatable bonds is 6. The van der Waals surface area contributed by atoms with Crippen LogP contribution in [0.5, 0.6) is 0 Å². The Morgan fingerprint density at radius 2 is 1.76 bits per heavy atom. The molecule has 25 heavy (non-hydrogen) atoms. The van der Waals surface area contributed by atoms with E-state index in [4.69, 9.17) is 4.74 Å². The van der Waals surface area contributed by atoms with Gasteiger partial charge in [0.2, 0.25) is 5.91 Å². The first kappa shape index (κ1) is 17.2. The Kier molecular flexibility index (Phi) is 5.46. The molecule has 130 valence electrons. The van der Waals surface area contributed by atoms with Crippen LogP contribution in [-0.2, 0) is 22.7 Å². The molecule has 0 bridgehead atoms. The third-order valence-electron chi connectivity index (χ3n) is 4.30. The molecule has 0 unspecified atom stereocenters. The van der Waals surface area contributed by atoms with Gasteiger partial charge in [-0.25, -0.2) is 0 Å². The molecule has 0 saturated carbocycles. The second-order valence-electron chi connectivity index (χ2n) is 6.13. The van der Waals surface area contributed by atoms with E-state index in [9.17, 15) is 9.59 Å². The lowest BCUT2D eigenvalue weighted by atomic mass is 10.1. The molecule has 0 radical (unpaired) electrons. The smallest absolute Gasteiger partial charge is 0.251 e. The second kappa shape index (κ2) is 7.94. The summed E-state index contributed by atoms with van der Waals surface area (Å²) in [7, 11) is 1.64. The maximum atomic E-state index is 12.2. The zero-order chi connectivity index (χ0) is 17.6. The fraction of sp³-hybridized carbons (Fsp3) is 0.300. The van der Waals surface area contributed by atoms with Crippen molar-refractivity contribution < 1.29 is 14.3 Å². The van der Waals surface area contributed by atoms with Crippen molar-refractivity contribution in [2.45, 2.75) is 26.0 Å². The predicted molar refractivity (Wildman–Crippen MR) is 96.4 cm³/mol. The largest absolute Gasteiger partial charge is 0.380 e. The first-order valence-electron chi connectivity index (χ1n) is 8.43. The number of carbonyl (C=O) groups is 2. The van der Waals surface area contributed by atoms with Gasteiger partial charge in [-0.1, -0.05) is 24.3 Å². The minimum atomic E-state index is -0.109. The van der Waals surface area contributed by atoms with Gasteiger partial charge >= 0.3 is 0 Å². The van der Waals surface area contributed by atoms with Crippen LogP contribution in [0.4, 0.5) is 5.69 Å². The van der Waals surface area contributed by atoms with Gasteiger partial charge in [-0.05, 0) is 41.8 Å². The van der Waals surface area contributed by atoms with Gasteiger partial charge in [0.05, 0.1) is 6.61 Å². The number of carbonyl (C=O) groups excluding carboxylic acids is 2. The second-order valence-corrected chi connectivity index (χ2v) is 6.13. The van der Waals surface area contributed by atoms with Gasteiger partial charge < -0.3 is 15.0 Å². The quantitative estimate of drug-likeness (QED) is 0.881. The van der Waals surface area contributed by atoms with Gasteiger partial charge in [-0.3, -0.25) is 9.59 Å². The maximum absolute atomic E-state index is 12.2. The number of hydrogen-bond acceptors (Lipinski definition) is 3. The molecule has 0 aromatic heterocycles. The molecule has 0 atom stereocenters. The van der Waals surface area contributed by atoms with E-state index < -0.39 is 0 Å². The van der Waals surface area contributed by atoms with E-state index in [0.717, 1.165) is 29.8 Å². The number of amides is 2. The SMILES string of the molecule is COCc1ccc(C(=O)NCc2ccc(N3CCCC3=O)cc2)cc1. The summed E-state index contributed by atoms with van der Waals surface area (Å²) in [4.78, 5) is 25.8. The standard InChI is InChI=1S/C20H22N2O3/c1-25-14-16-4-8-17(9-5-16)20(24)21-13-15-6-10-18(11-7-15)22-12-2-3-19(22)23/h4-11H,2-3,12-14H2,1H3,(H,21,24). The van der Waals surface area contributed by atoms with Crippen molar-refractivity contribution in [3.63, 3.8) is 0 Å². The first-order chi connectivity index (χ1) is 12.2. The van der Waals surface area contributed by atoms with Crippen molar-refractivity contribution in [2.24, 2.45) is 0 Å². The monoisotopic (exact) mass is 338 g/mol. The summed E-state index contributed by atoms with van der Waals surface area (Å²) >= 11 is 0. The van der Waals surface area contributed by atoms with Crippen LogP contribution in [0.25, 0.3) is 0 Å². The van der Waals surface area contributed by atoms with Crippen LogP contribution >= 0.6 is 0 Å². The van der Waals surface area contributed by atoms with Crippen LogP contribution in [0, 0.1) is 0 Å². The van der Waals surface area contributed by atoms with Crippen LogP contribution in [0.3, 0.4) is 0 Å². The Balaban J connectivity index is 1.55. The predicted octanol–water partition coefficient (Wildman–Crippen LogP) is 2.89. The number of methoxy groups -OCH3 is 1. The Morgan fingerprint density at radius 1 is 1.08 bits per heavy atom. The highest BCUT2D eigenvalue weighted by Gasteiger charge is 2.21. The molecule has 1 aliphatic heterocycles. The van der Waals surface area contributed by atoms with Crippen molar-refractivity contribution in [1.29, 1.82) is 0 Å². The van der Waals surface area contributed by atoms with Gasteiger partial charge in [-0.15, -0.1) is 0 Å². The number of ether oxygens (including phenoxy) is 1. The van der Waals surface area contributed by atoms with Crippen LogP contribution in [0.2, 0.25) is 0 Å². The Hall–Kier alpha value is -2.66. The molecule has 2 amide bonds. The topological polar surface area (TPSA) is 58.6 Å². The average molecular weight is 338 g/mol. The molecular formula is C20H22N2O3. The van der Waals surface area contributed by atoms with E-state index >= 15 is 0 Å². The van der Waals surface area contributed by atoms with Crippen molar-refractivity contribution >= 4 is 17.5 Å². The minimum absolute atomic E-state index is 0.109. The highest BCUT2D eigenvalue weighted by Crippen LogP contribution is 2.21. The highest BCUT2D eigenvalue weighted by molar-refractivity contribution is 5.95. The third kappa shape index (κ3) is 4.25. The molecular weight excluding hydrogens is 316 g/mol. The summed E-state index contributed by atoms with van der Waals surface area (Å²) in [6.45, 7) is 1.77. The van der Waals surface area contributed by atoms with Crippen molar-refractivity contribution in [3.8, 4) is 0 Å². The molecule has 1 aliphatic rings. The summed E-state index contributed by atoms with van der Waals surface area (Å²) in [5.74, 6) is 0.0701. The molecule has 2 aromatic carbocycles. The molecule has 1 saturated heterocycles. The van der Waals surface area contributed by atoms with Gasteiger partial charge in [0.25, 0.3) is 5.91 Å². The van der Waals surface area contributed by atoms with Gasteiger partial charge in [-0.2, -0.15) is 0 Å². The summed E-state index contributed by atoms with van der Waals surface area (Å²) in [5.41, 5.74) is 3.58. The molecule has 2 aromatic rings. The van der Waals surface area contributed by atoms with Gasteiger partial charge in [0.15, 0.2) is 0 Å². The average Bonchev–Trinajstić information content (AvgIpc) is 3.07. The fourth-order valence-electron chi connectivity index (χ4n) is 2.92. The summed E-state index contributed by atoms with van der Waals surface area (Å²) in [6, 6.07) is 15.1. The molecule has 3 rings (SSSR count). The van der Waals surface area contributed by atoms with E-state index in [1.165, 1.54) is 0 Å². The first-order valence-corrected chi connectivity index (χ1v) is 8.43. The minimum Gasteiger partial charge on any atom is -0.380 e. The zero-order valence-corrected chi connectivity index (χ0v) is 14.3. The number of nitrogens with zero attached hydrogens (tertiary/aromatic N) is 1. The Labute approximate surface area is 147 Å². The van der Waals surface area contributed by atoms with Crippen LogP contribution < -0.4 is 10.2 Å². The van der Waals surface area contributed by atoms with Crippen molar-refractivity contribution in [2.75, 3.05) is 18.6 Å². The summed E-state index contributed by atoms with van der Waals surface area (Å²) < 4.78 is 5.06. The van der Waals surface area contributed by atoms with Crippen LogP contribution in [-0.4, -0.2) is 25.5 Å². The fourth-order valence-corrected chi connectivity index (χ4v) is 2.92. The molecule has 0 spiro atoms. The Bertz CT molecular complexity index is 739. The lowest BCUT2D eigenvalue weighted by molar-refractivity contribution is -0.117. The van der Waals surface area contributed by atoms with E-state index in [-0.39, 0.29) is 11.8 Å². The van der Waals surface area contributed by atoms with Crippen LogP contribution in [0.1, 0.15) is 34.3 Å². The number of hydrogen-bond donors (Lipinski definition) is 1. The summed E-state index contributed by atoms with van der Waals surface area (Å²) in [6.07, 6.45) is 1.54. The van der Waals surface area contributed by atoms with E-state index in [1.54, 1.807) is 19.2 Å². The maximum Gasteiger partial charge on any atom is 0.251 e. The molecule has 5 nitrogen and oxygen atoms in total. The van der Waals surface area contributed by atoms with E-state index in [2.05, 4.69) is 5.32 Å². The molecule has 1 heterocycles. The van der Waals surface area contributed by atoms with Gasteiger partial charge in [0, 0.05) is 37.9 Å². The molecule has 1 fully saturated rings.